The fourth-order valence-electron chi connectivity index (χ4n) is 4.03. The Kier molecular flexibility index (Phi) is 9.82. The van der Waals surface area contributed by atoms with Crippen LogP contribution in [0.25, 0.3) is 0 Å². The largest absolute Gasteiger partial charge is 0.339 e. The minimum atomic E-state index is -0.00210. The van der Waals surface area contributed by atoms with Gasteiger partial charge in [0.1, 0.15) is 0 Å². The highest BCUT2D eigenvalue weighted by Crippen LogP contribution is 2.20. The summed E-state index contributed by atoms with van der Waals surface area (Å²) in [5, 5.41) is 9.00. The molecule has 29 heavy (non-hydrogen) atoms. The van der Waals surface area contributed by atoms with E-state index in [1.807, 2.05) is 0 Å². The van der Waals surface area contributed by atoms with Gasteiger partial charge in [-0.2, -0.15) is 0 Å². The Labute approximate surface area is 176 Å². The van der Waals surface area contributed by atoms with Crippen molar-refractivity contribution in [1.29, 1.82) is 0 Å². The number of hydrogen-bond acceptors (Lipinski definition) is 6. The molecule has 2 saturated heterocycles. The number of nitrogens with one attached hydrogen (secondary N) is 3. The molecule has 2 rings (SSSR count). The highest BCUT2D eigenvalue weighted by Gasteiger charge is 2.28. The number of carbonyl (C=O) groups is 2. The normalized spacial score (nSPS) is 20.0. The summed E-state index contributed by atoms with van der Waals surface area (Å²) in [7, 11) is 0. The van der Waals surface area contributed by atoms with Gasteiger partial charge in [-0.05, 0) is 34.1 Å². The Morgan fingerprint density at radius 3 is 2.10 bits per heavy atom. The van der Waals surface area contributed by atoms with Gasteiger partial charge in [0.25, 0.3) is 0 Å². The summed E-state index contributed by atoms with van der Waals surface area (Å²) < 4.78 is 0. The Balaban J connectivity index is 1.53. The maximum absolute atomic E-state index is 12.1. The van der Waals surface area contributed by atoms with Crippen LogP contribution in [0.1, 0.15) is 47.0 Å². The number of amides is 2. The molecular weight excluding hydrogens is 368 g/mol. The summed E-state index contributed by atoms with van der Waals surface area (Å²) >= 11 is 0. The molecule has 0 atom stereocenters. The SMILES string of the molecule is CC(C)N1CCN(CCC(=O)NCNC(=O)CCC(C)(C)N2CCNCC2)CC1. The lowest BCUT2D eigenvalue weighted by Gasteiger charge is -2.41. The molecule has 2 amide bonds. The van der Waals surface area contributed by atoms with Gasteiger partial charge in [0, 0.05) is 83.3 Å². The summed E-state index contributed by atoms with van der Waals surface area (Å²) in [5.74, 6) is -0.00366. The van der Waals surface area contributed by atoms with E-state index in [1.54, 1.807) is 0 Å². The summed E-state index contributed by atoms with van der Waals surface area (Å²) in [5.41, 5.74) is 0.0162. The monoisotopic (exact) mass is 410 g/mol. The van der Waals surface area contributed by atoms with Gasteiger partial charge in [0.05, 0.1) is 6.67 Å². The predicted molar refractivity (Wildman–Crippen MR) is 117 cm³/mol. The van der Waals surface area contributed by atoms with E-state index in [1.165, 1.54) is 0 Å². The maximum atomic E-state index is 12.1. The van der Waals surface area contributed by atoms with Crippen LogP contribution in [0, 0.1) is 0 Å². The molecule has 0 aromatic heterocycles. The standard InChI is InChI=1S/C21H42N6O2/c1-18(2)26-15-13-25(14-16-26)10-6-20(29)24-17-23-19(28)5-7-21(3,4)27-11-8-22-9-12-27/h18,22H,5-17H2,1-4H3,(H,23,28)(H,24,29). The second-order valence-electron chi connectivity index (χ2n) is 9.15. The molecule has 8 nitrogen and oxygen atoms in total. The summed E-state index contributed by atoms with van der Waals surface area (Å²) in [6, 6.07) is 0.589. The van der Waals surface area contributed by atoms with E-state index in [2.05, 4.69) is 58.3 Å². The Morgan fingerprint density at radius 2 is 1.52 bits per heavy atom. The molecule has 0 aromatic carbocycles. The first-order valence-corrected chi connectivity index (χ1v) is 11.2. The zero-order valence-electron chi connectivity index (χ0n) is 18.9. The summed E-state index contributed by atoms with van der Waals surface area (Å²) in [6.45, 7) is 18.1. The molecule has 2 heterocycles. The molecule has 0 aliphatic carbocycles. The molecule has 2 aliphatic heterocycles. The Bertz CT molecular complexity index is 511. The first-order chi connectivity index (χ1) is 13.8. The van der Waals surface area contributed by atoms with Gasteiger partial charge in [-0.25, -0.2) is 0 Å². The number of carbonyl (C=O) groups excluding carboxylic acids is 2. The second kappa shape index (κ2) is 11.8. The lowest BCUT2D eigenvalue weighted by Crippen LogP contribution is -2.53. The Morgan fingerprint density at radius 1 is 0.931 bits per heavy atom. The van der Waals surface area contributed by atoms with Gasteiger partial charge in [0.2, 0.25) is 11.8 Å². The number of rotatable bonds is 10. The van der Waals surface area contributed by atoms with E-state index in [4.69, 9.17) is 0 Å². The van der Waals surface area contributed by atoms with E-state index >= 15 is 0 Å². The van der Waals surface area contributed by atoms with Crippen molar-refractivity contribution in [3.63, 3.8) is 0 Å². The maximum Gasteiger partial charge on any atom is 0.222 e. The average molecular weight is 411 g/mol. The molecule has 0 spiro atoms. The molecule has 0 unspecified atom stereocenters. The van der Waals surface area contributed by atoms with Crippen molar-refractivity contribution in [3.05, 3.63) is 0 Å². The lowest BCUT2D eigenvalue weighted by molar-refractivity contribution is -0.123. The molecule has 0 radical (unpaired) electrons. The fourth-order valence-corrected chi connectivity index (χ4v) is 4.03. The number of nitrogens with zero attached hydrogens (tertiary/aromatic N) is 3. The van der Waals surface area contributed by atoms with E-state index in [-0.39, 0.29) is 24.0 Å². The van der Waals surface area contributed by atoms with E-state index < -0.39 is 0 Å². The molecule has 2 fully saturated rings. The van der Waals surface area contributed by atoms with Crippen molar-refractivity contribution in [1.82, 2.24) is 30.7 Å². The van der Waals surface area contributed by atoms with Crippen LogP contribution in [0.5, 0.6) is 0 Å². The molecule has 0 bridgehead atoms. The first-order valence-electron chi connectivity index (χ1n) is 11.2. The molecule has 8 heteroatoms. The van der Waals surface area contributed by atoms with Crippen molar-refractivity contribution in [2.75, 3.05) is 65.6 Å². The van der Waals surface area contributed by atoms with Crippen LogP contribution < -0.4 is 16.0 Å². The van der Waals surface area contributed by atoms with Crippen molar-refractivity contribution < 1.29 is 9.59 Å². The fraction of sp³-hybridized carbons (Fsp3) is 0.905. The smallest absolute Gasteiger partial charge is 0.222 e. The van der Waals surface area contributed by atoms with Crippen LogP contribution in [0.4, 0.5) is 0 Å². The van der Waals surface area contributed by atoms with Gasteiger partial charge in [-0.3, -0.25) is 19.4 Å². The van der Waals surface area contributed by atoms with Crippen LogP contribution in [-0.4, -0.2) is 104 Å². The lowest BCUT2D eigenvalue weighted by atomic mass is 9.95. The number of hydrogen-bond donors (Lipinski definition) is 3. The van der Waals surface area contributed by atoms with Crippen LogP contribution >= 0.6 is 0 Å². The minimum Gasteiger partial charge on any atom is -0.339 e. The third-order valence-electron chi connectivity index (χ3n) is 6.30. The van der Waals surface area contributed by atoms with Crippen LogP contribution in [-0.2, 0) is 9.59 Å². The third-order valence-corrected chi connectivity index (χ3v) is 6.30. The molecule has 0 aromatic rings. The number of piperazine rings is 2. The summed E-state index contributed by atoms with van der Waals surface area (Å²) in [6.07, 6.45) is 1.77. The second-order valence-corrected chi connectivity index (χ2v) is 9.15. The third kappa shape index (κ3) is 8.58. The summed E-state index contributed by atoms with van der Waals surface area (Å²) in [4.78, 5) is 31.4. The van der Waals surface area contributed by atoms with Crippen molar-refractivity contribution in [2.24, 2.45) is 0 Å². The van der Waals surface area contributed by atoms with Crippen molar-refractivity contribution in [3.8, 4) is 0 Å². The van der Waals surface area contributed by atoms with Crippen LogP contribution in [0.2, 0.25) is 0 Å². The van der Waals surface area contributed by atoms with E-state index in [0.717, 1.165) is 65.3 Å². The van der Waals surface area contributed by atoms with Crippen LogP contribution in [0.3, 0.4) is 0 Å². The molecule has 168 valence electrons. The van der Waals surface area contributed by atoms with Gasteiger partial charge in [0.15, 0.2) is 0 Å². The topological polar surface area (TPSA) is 80.0 Å². The molecular formula is C21H42N6O2. The molecule has 3 N–H and O–H groups in total. The zero-order chi connectivity index (χ0) is 21.3. The molecule has 2 aliphatic rings. The van der Waals surface area contributed by atoms with Crippen LogP contribution in [0.15, 0.2) is 0 Å². The zero-order valence-corrected chi connectivity index (χ0v) is 18.9. The highest BCUT2D eigenvalue weighted by atomic mass is 16.2. The minimum absolute atomic E-state index is 0.00156. The van der Waals surface area contributed by atoms with E-state index in [0.29, 0.717) is 18.9 Å². The van der Waals surface area contributed by atoms with Gasteiger partial charge < -0.3 is 20.9 Å². The molecule has 0 saturated carbocycles. The van der Waals surface area contributed by atoms with Gasteiger partial charge >= 0.3 is 0 Å². The van der Waals surface area contributed by atoms with E-state index in [9.17, 15) is 9.59 Å². The van der Waals surface area contributed by atoms with Gasteiger partial charge in [-0.1, -0.05) is 0 Å². The average Bonchev–Trinajstić information content (AvgIpc) is 2.72. The predicted octanol–water partition coefficient (Wildman–Crippen LogP) is 0.0564. The van der Waals surface area contributed by atoms with Gasteiger partial charge in [-0.15, -0.1) is 0 Å². The first kappa shape index (κ1) is 24.1. The Hall–Kier alpha value is -1.22. The quantitative estimate of drug-likeness (QED) is 0.442. The van der Waals surface area contributed by atoms with Crippen molar-refractivity contribution >= 4 is 11.8 Å². The van der Waals surface area contributed by atoms with Crippen molar-refractivity contribution in [2.45, 2.75) is 58.5 Å². The highest BCUT2D eigenvalue weighted by molar-refractivity contribution is 5.78.